The average Bonchev–Trinajstić information content (AvgIpc) is 3.27. The van der Waals surface area contributed by atoms with E-state index in [1.807, 2.05) is 12.1 Å². The molecule has 0 spiro atoms. The van der Waals surface area contributed by atoms with E-state index in [2.05, 4.69) is 35.5 Å². The lowest BCUT2D eigenvalue weighted by Gasteiger charge is -2.08. The SMILES string of the molecule is CN1CC[C@H](C(=O)SCCCCCC(/C=C/c2cccs2)=C\C=N)C1. The number of nitrogens with one attached hydrogen (secondary N) is 1. The summed E-state index contributed by atoms with van der Waals surface area (Å²) in [7, 11) is 2.09. The molecule has 0 bridgehead atoms. The van der Waals surface area contributed by atoms with Crippen LogP contribution in [0.1, 0.15) is 37.0 Å². The molecule has 1 aromatic heterocycles. The highest BCUT2D eigenvalue weighted by molar-refractivity contribution is 8.13. The molecule has 1 aromatic rings. The van der Waals surface area contributed by atoms with E-state index in [1.165, 1.54) is 28.4 Å². The van der Waals surface area contributed by atoms with E-state index in [4.69, 9.17) is 5.41 Å². The zero-order valence-electron chi connectivity index (χ0n) is 14.9. The van der Waals surface area contributed by atoms with Crippen molar-refractivity contribution in [3.63, 3.8) is 0 Å². The standard InChI is InChI=1S/C20H28N2OS2/c1-22-13-11-18(16-22)20(23)25-14-4-2-3-6-17(10-12-21)8-9-19-7-5-15-24-19/h5,7-10,12,15,18,21H,2-4,6,11,13-14,16H2,1H3/b9-8+,17-10+,21-12?/t18-/m0/s1. The van der Waals surface area contributed by atoms with Gasteiger partial charge in [0.2, 0.25) is 0 Å². The van der Waals surface area contributed by atoms with E-state index in [0.29, 0.717) is 5.12 Å². The summed E-state index contributed by atoms with van der Waals surface area (Å²) in [6.07, 6.45) is 12.8. The minimum absolute atomic E-state index is 0.250. The average molecular weight is 377 g/mol. The first-order chi connectivity index (χ1) is 12.2. The Kier molecular flexibility index (Phi) is 9.22. The molecule has 1 aliphatic rings. The number of unbranched alkanes of at least 4 members (excludes halogenated alkanes) is 2. The molecule has 2 heterocycles. The summed E-state index contributed by atoms with van der Waals surface area (Å²) in [6, 6.07) is 4.15. The molecule has 0 unspecified atom stereocenters. The fourth-order valence-electron chi connectivity index (χ4n) is 2.93. The molecular formula is C20H28N2OS2. The van der Waals surface area contributed by atoms with Crippen LogP contribution in [0, 0.1) is 11.3 Å². The van der Waals surface area contributed by atoms with Crippen LogP contribution in [0.4, 0.5) is 0 Å². The third-order valence-electron chi connectivity index (χ3n) is 4.38. The van der Waals surface area contributed by atoms with Crippen LogP contribution in [0.3, 0.4) is 0 Å². The monoisotopic (exact) mass is 376 g/mol. The van der Waals surface area contributed by atoms with Crippen molar-refractivity contribution in [1.82, 2.24) is 4.90 Å². The van der Waals surface area contributed by atoms with Gasteiger partial charge in [-0.15, -0.1) is 11.3 Å². The summed E-state index contributed by atoms with van der Waals surface area (Å²) >= 11 is 3.25. The van der Waals surface area contributed by atoms with Crippen LogP contribution < -0.4 is 0 Å². The topological polar surface area (TPSA) is 44.2 Å². The normalized spacial score (nSPS) is 18.9. The Hall–Kier alpha value is -1.17. The van der Waals surface area contributed by atoms with Crippen LogP contribution in [0.5, 0.6) is 0 Å². The molecule has 1 aliphatic heterocycles. The summed E-state index contributed by atoms with van der Waals surface area (Å²) in [5, 5.41) is 9.75. The lowest BCUT2D eigenvalue weighted by Crippen LogP contribution is -2.17. The number of thioether (sulfide) groups is 1. The molecule has 5 heteroatoms. The summed E-state index contributed by atoms with van der Waals surface area (Å²) < 4.78 is 0. The van der Waals surface area contributed by atoms with E-state index < -0.39 is 0 Å². The van der Waals surface area contributed by atoms with Gasteiger partial charge in [0.25, 0.3) is 0 Å². The molecule has 0 aliphatic carbocycles. The zero-order valence-corrected chi connectivity index (χ0v) is 16.6. The van der Waals surface area contributed by atoms with E-state index in [-0.39, 0.29) is 5.92 Å². The third kappa shape index (κ3) is 7.72. The second kappa shape index (κ2) is 11.4. The Morgan fingerprint density at radius 1 is 1.44 bits per heavy atom. The molecule has 1 fully saturated rings. The first-order valence-electron chi connectivity index (χ1n) is 8.95. The molecule has 1 atom stereocenters. The number of hydrogen-bond donors (Lipinski definition) is 1. The fourth-order valence-corrected chi connectivity index (χ4v) is 4.53. The van der Waals surface area contributed by atoms with Crippen LogP contribution in [-0.2, 0) is 4.79 Å². The molecular weight excluding hydrogens is 348 g/mol. The van der Waals surface area contributed by atoms with Crippen LogP contribution in [0.2, 0.25) is 0 Å². The molecule has 25 heavy (non-hydrogen) atoms. The van der Waals surface area contributed by atoms with Crippen molar-refractivity contribution < 1.29 is 4.79 Å². The van der Waals surface area contributed by atoms with Gasteiger partial charge in [0.05, 0.1) is 0 Å². The van der Waals surface area contributed by atoms with Crippen LogP contribution in [0.15, 0.2) is 35.2 Å². The van der Waals surface area contributed by atoms with E-state index >= 15 is 0 Å². The van der Waals surface area contributed by atoms with Gasteiger partial charge in [-0.25, -0.2) is 0 Å². The highest BCUT2D eigenvalue weighted by atomic mass is 32.2. The number of allylic oxidation sites excluding steroid dienone is 3. The van der Waals surface area contributed by atoms with Gasteiger partial charge in [0.1, 0.15) is 0 Å². The van der Waals surface area contributed by atoms with Gasteiger partial charge in [-0.2, -0.15) is 0 Å². The Labute approximate surface area is 159 Å². The van der Waals surface area contributed by atoms with Gasteiger partial charge in [0, 0.05) is 29.3 Å². The molecule has 136 valence electrons. The number of thiophene rings is 1. The minimum Gasteiger partial charge on any atom is -0.309 e. The summed E-state index contributed by atoms with van der Waals surface area (Å²) in [6.45, 7) is 1.98. The first-order valence-corrected chi connectivity index (χ1v) is 10.8. The second-order valence-electron chi connectivity index (χ2n) is 6.48. The van der Waals surface area contributed by atoms with Crippen LogP contribution in [-0.4, -0.2) is 42.1 Å². The molecule has 0 saturated carbocycles. The van der Waals surface area contributed by atoms with Gasteiger partial charge in [-0.3, -0.25) is 4.79 Å². The van der Waals surface area contributed by atoms with Gasteiger partial charge in [0.15, 0.2) is 5.12 Å². The number of likely N-dealkylation sites (tertiary alicyclic amines) is 1. The van der Waals surface area contributed by atoms with Crippen molar-refractivity contribution in [2.45, 2.75) is 32.1 Å². The van der Waals surface area contributed by atoms with Crippen molar-refractivity contribution in [3.05, 3.63) is 40.1 Å². The molecule has 2 rings (SSSR count). The molecule has 0 aromatic carbocycles. The maximum atomic E-state index is 12.1. The summed E-state index contributed by atoms with van der Waals surface area (Å²) in [5.74, 6) is 1.19. The Bertz CT molecular complexity index is 593. The minimum atomic E-state index is 0.250. The quantitative estimate of drug-likeness (QED) is 0.351. The first kappa shape index (κ1) is 20.1. The summed E-state index contributed by atoms with van der Waals surface area (Å²) in [5.41, 5.74) is 1.20. The number of carbonyl (C=O) groups is 1. The predicted molar refractivity (Wildman–Crippen MR) is 112 cm³/mol. The smallest absolute Gasteiger partial charge is 0.193 e. The predicted octanol–water partition coefficient (Wildman–Crippen LogP) is 5.11. The van der Waals surface area contributed by atoms with Crippen molar-refractivity contribution in [1.29, 1.82) is 5.41 Å². The maximum Gasteiger partial charge on any atom is 0.193 e. The van der Waals surface area contributed by atoms with E-state index in [0.717, 1.165) is 50.9 Å². The highest BCUT2D eigenvalue weighted by Gasteiger charge is 2.25. The van der Waals surface area contributed by atoms with Crippen LogP contribution in [0.25, 0.3) is 6.08 Å². The molecule has 1 saturated heterocycles. The summed E-state index contributed by atoms with van der Waals surface area (Å²) in [4.78, 5) is 15.6. The van der Waals surface area contributed by atoms with Gasteiger partial charge >= 0.3 is 0 Å². The Morgan fingerprint density at radius 3 is 3.00 bits per heavy atom. The number of hydrogen-bond acceptors (Lipinski definition) is 5. The largest absolute Gasteiger partial charge is 0.309 e. The van der Waals surface area contributed by atoms with Gasteiger partial charge < -0.3 is 10.3 Å². The van der Waals surface area contributed by atoms with E-state index in [1.54, 1.807) is 11.3 Å². The number of rotatable bonds is 10. The Morgan fingerprint density at radius 2 is 2.32 bits per heavy atom. The number of carbonyl (C=O) groups excluding carboxylic acids is 1. The highest BCUT2D eigenvalue weighted by Crippen LogP contribution is 2.22. The molecule has 3 nitrogen and oxygen atoms in total. The van der Waals surface area contributed by atoms with Crippen molar-refractivity contribution in [3.8, 4) is 0 Å². The maximum absolute atomic E-state index is 12.1. The Balaban J connectivity index is 1.59. The molecule has 0 amide bonds. The number of nitrogens with zero attached hydrogens (tertiary/aromatic N) is 1. The van der Waals surface area contributed by atoms with Gasteiger partial charge in [-0.1, -0.05) is 30.3 Å². The van der Waals surface area contributed by atoms with E-state index in [9.17, 15) is 4.79 Å². The van der Waals surface area contributed by atoms with Crippen molar-refractivity contribution in [2.24, 2.45) is 5.92 Å². The molecule has 1 N–H and O–H groups in total. The molecule has 0 radical (unpaired) electrons. The third-order valence-corrected chi connectivity index (χ3v) is 6.33. The van der Waals surface area contributed by atoms with Crippen molar-refractivity contribution in [2.75, 3.05) is 25.9 Å². The van der Waals surface area contributed by atoms with Crippen molar-refractivity contribution >= 4 is 40.5 Å². The van der Waals surface area contributed by atoms with Crippen LogP contribution >= 0.6 is 23.1 Å². The fraction of sp³-hybridized carbons (Fsp3) is 0.500. The second-order valence-corrected chi connectivity index (χ2v) is 8.56. The lowest BCUT2D eigenvalue weighted by atomic mass is 10.1. The van der Waals surface area contributed by atoms with Gasteiger partial charge in [-0.05, 0) is 68.4 Å². The lowest BCUT2D eigenvalue weighted by molar-refractivity contribution is -0.114. The zero-order chi connectivity index (χ0) is 17.9.